The average Bonchev–Trinajstić information content (AvgIpc) is 2.47. The Morgan fingerprint density at radius 2 is 2.30 bits per heavy atom. The second-order valence-corrected chi connectivity index (χ2v) is 4.49. The molecule has 0 fully saturated rings. The van der Waals surface area contributed by atoms with Crippen LogP contribution in [0.2, 0.25) is 0 Å². The third-order valence-corrected chi connectivity index (χ3v) is 3.26. The second kappa shape index (κ2) is 5.05. The molecule has 6 heteroatoms. The Bertz CT molecular complexity index is 712. The van der Waals surface area contributed by atoms with Crippen molar-refractivity contribution in [3.63, 3.8) is 0 Å². The molecule has 0 saturated carbocycles. The van der Waals surface area contributed by atoms with Crippen LogP contribution in [-0.4, -0.2) is 23.7 Å². The molecule has 104 valence electrons. The van der Waals surface area contributed by atoms with Crippen molar-refractivity contribution in [1.29, 1.82) is 0 Å². The van der Waals surface area contributed by atoms with Crippen LogP contribution in [0.15, 0.2) is 23.0 Å². The lowest BCUT2D eigenvalue weighted by Crippen LogP contribution is -2.24. The van der Waals surface area contributed by atoms with E-state index in [0.717, 1.165) is 0 Å². The Morgan fingerprint density at radius 3 is 3.05 bits per heavy atom. The van der Waals surface area contributed by atoms with E-state index in [1.807, 2.05) is 0 Å². The maximum atomic E-state index is 13.7. The lowest BCUT2D eigenvalue weighted by Gasteiger charge is -2.15. The Balaban J connectivity index is 2.08. The van der Waals surface area contributed by atoms with E-state index >= 15 is 0 Å². The summed E-state index contributed by atoms with van der Waals surface area (Å²) in [6, 6.07) is 4.46. The van der Waals surface area contributed by atoms with Gasteiger partial charge in [0.2, 0.25) is 0 Å². The summed E-state index contributed by atoms with van der Waals surface area (Å²) < 4.78 is 23.8. The van der Waals surface area contributed by atoms with Gasteiger partial charge in [0.05, 0.1) is 31.6 Å². The van der Waals surface area contributed by atoms with Crippen LogP contribution in [0.25, 0.3) is 11.4 Å². The van der Waals surface area contributed by atoms with E-state index in [1.54, 1.807) is 6.07 Å². The Labute approximate surface area is 114 Å². The van der Waals surface area contributed by atoms with Gasteiger partial charge in [0.1, 0.15) is 5.82 Å². The summed E-state index contributed by atoms with van der Waals surface area (Å²) in [6.45, 7) is 0.814. The van der Waals surface area contributed by atoms with E-state index in [0.29, 0.717) is 35.7 Å². The van der Waals surface area contributed by atoms with Crippen molar-refractivity contribution in [3.8, 4) is 17.1 Å². The molecule has 0 atom stereocenters. The lowest BCUT2D eigenvalue weighted by molar-refractivity contribution is 0.108. The molecule has 3 rings (SSSR count). The molecule has 1 aliphatic rings. The molecule has 0 spiro atoms. The standard InChI is InChI=1S/C14H13FN2O3/c1-19-12-3-2-8(6-10(12)15)13-16-11-4-5-20-7-9(11)14(18)17-13/h2-3,6H,4-5,7H2,1H3,(H,16,17,18). The zero-order valence-electron chi connectivity index (χ0n) is 10.9. The van der Waals surface area contributed by atoms with Crippen LogP contribution in [0, 0.1) is 5.82 Å². The summed E-state index contributed by atoms with van der Waals surface area (Å²) in [6.07, 6.45) is 0.588. The molecular formula is C14H13FN2O3. The summed E-state index contributed by atoms with van der Waals surface area (Å²) in [7, 11) is 1.40. The van der Waals surface area contributed by atoms with Crippen LogP contribution in [0.5, 0.6) is 5.75 Å². The van der Waals surface area contributed by atoms with Gasteiger partial charge >= 0.3 is 0 Å². The minimum atomic E-state index is -0.492. The number of methoxy groups -OCH3 is 1. The van der Waals surface area contributed by atoms with E-state index in [-0.39, 0.29) is 17.9 Å². The van der Waals surface area contributed by atoms with Gasteiger partial charge in [0.25, 0.3) is 5.56 Å². The van der Waals surface area contributed by atoms with E-state index in [2.05, 4.69) is 9.97 Å². The number of H-pyrrole nitrogens is 1. The molecule has 5 nitrogen and oxygen atoms in total. The van der Waals surface area contributed by atoms with Crippen molar-refractivity contribution in [2.45, 2.75) is 13.0 Å². The van der Waals surface area contributed by atoms with E-state index in [1.165, 1.54) is 19.2 Å². The molecule has 0 bridgehead atoms. The molecule has 2 aromatic rings. The molecule has 0 unspecified atom stereocenters. The molecule has 1 aromatic heterocycles. The van der Waals surface area contributed by atoms with Gasteiger partial charge in [-0.15, -0.1) is 0 Å². The molecule has 0 aliphatic carbocycles. The number of halogens is 1. The van der Waals surface area contributed by atoms with E-state index in [9.17, 15) is 9.18 Å². The van der Waals surface area contributed by atoms with Crippen molar-refractivity contribution in [1.82, 2.24) is 9.97 Å². The Morgan fingerprint density at radius 1 is 1.45 bits per heavy atom. The van der Waals surface area contributed by atoms with Crippen LogP contribution in [0.3, 0.4) is 0 Å². The van der Waals surface area contributed by atoms with Gasteiger partial charge in [-0.3, -0.25) is 4.79 Å². The highest BCUT2D eigenvalue weighted by Crippen LogP contribution is 2.23. The number of benzene rings is 1. The van der Waals surface area contributed by atoms with Gasteiger partial charge < -0.3 is 14.5 Å². The fourth-order valence-electron chi connectivity index (χ4n) is 2.19. The monoisotopic (exact) mass is 276 g/mol. The molecule has 2 heterocycles. The quantitative estimate of drug-likeness (QED) is 0.906. The summed E-state index contributed by atoms with van der Waals surface area (Å²) >= 11 is 0. The van der Waals surface area contributed by atoms with Gasteiger partial charge in [-0.25, -0.2) is 9.37 Å². The van der Waals surface area contributed by atoms with Crippen LogP contribution < -0.4 is 10.3 Å². The van der Waals surface area contributed by atoms with Crippen molar-refractivity contribution in [3.05, 3.63) is 45.6 Å². The van der Waals surface area contributed by atoms with Gasteiger partial charge in [0.15, 0.2) is 11.6 Å². The molecule has 1 aromatic carbocycles. The molecular weight excluding hydrogens is 263 g/mol. The predicted octanol–water partition coefficient (Wildman–Crippen LogP) is 1.66. The largest absolute Gasteiger partial charge is 0.494 e. The Hall–Kier alpha value is -2.21. The topological polar surface area (TPSA) is 64.2 Å². The molecule has 0 saturated heterocycles. The highest BCUT2D eigenvalue weighted by molar-refractivity contribution is 5.57. The van der Waals surface area contributed by atoms with Crippen molar-refractivity contribution < 1.29 is 13.9 Å². The van der Waals surface area contributed by atoms with Crippen LogP contribution in [-0.2, 0) is 17.8 Å². The maximum Gasteiger partial charge on any atom is 0.256 e. The van der Waals surface area contributed by atoms with Gasteiger partial charge in [-0.2, -0.15) is 0 Å². The van der Waals surface area contributed by atoms with E-state index in [4.69, 9.17) is 9.47 Å². The second-order valence-electron chi connectivity index (χ2n) is 4.49. The zero-order valence-corrected chi connectivity index (χ0v) is 10.9. The van der Waals surface area contributed by atoms with Gasteiger partial charge in [-0.1, -0.05) is 0 Å². The first-order chi connectivity index (χ1) is 9.69. The minimum absolute atomic E-state index is 0.155. The molecule has 1 N–H and O–H groups in total. The van der Waals surface area contributed by atoms with Crippen LogP contribution in [0.1, 0.15) is 11.3 Å². The third-order valence-electron chi connectivity index (χ3n) is 3.26. The van der Waals surface area contributed by atoms with Crippen molar-refractivity contribution in [2.75, 3.05) is 13.7 Å². The fourth-order valence-corrected chi connectivity index (χ4v) is 2.19. The first-order valence-electron chi connectivity index (χ1n) is 6.23. The van der Waals surface area contributed by atoms with E-state index < -0.39 is 5.82 Å². The Kier molecular flexibility index (Phi) is 3.23. The van der Waals surface area contributed by atoms with Crippen LogP contribution in [0.4, 0.5) is 4.39 Å². The average molecular weight is 276 g/mol. The summed E-state index contributed by atoms with van der Waals surface area (Å²) in [5, 5.41) is 0. The molecule has 1 aliphatic heterocycles. The normalized spacial score (nSPS) is 13.9. The number of hydrogen-bond donors (Lipinski definition) is 1. The highest BCUT2D eigenvalue weighted by Gasteiger charge is 2.17. The number of aromatic amines is 1. The number of aromatic nitrogens is 2. The number of fused-ring (bicyclic) bond motifs is 1. The SMILES string of the molecule is COc1ccc(-c2nc3c(c(=O)[nH]2)COCC3)cc1F. The molecule has 0 amide bonds. The lowest BCUT2D eigenvalue weighted by atomic mass is 10.1. The fraction of sp³-hybridized carbons (Fsp3) is 0.286. The van der Waals surface area contributed by atoms with Gasteiger partial charge in [-0.05, 0) is 18.2 Å². The van der Waals surface area contributed by atoms with Crippen LogP contribution >= 0.6 is 0 Å². The van der Waals surface area contributed by atoms with Crippen molar-refractivity contribution >= 4 is 0 Å². The number of ether oxygens (including phenoxy) is 2. The van der Waals surface area contributed by atoms with Crippen molar-refractivity contribution in [2.24, 2.45) is 0 Å². The third kappa shape index (κ3) is 2.18. The smallest absolute Gasteiger partial charge is 0.256 e. The first-order valence-corrected chi connectivity index (χ1v) is 6.23. The first kappa shape index (κ1) is 12.8. The molecule has 20 heavy (non-hydrogen) atoms. The number of nitrogens with zero attached hydrogens (tertiary/aromatic N) is 1. The number of nitrogens with one attached hydrogen (secondary N) is 1. The summed E-state index contributed by atoms with van der Waals surface area (Å²) in [5.41, 5.74) is 1.54. The maximum absolute atomic E-state index is 13.7. The predicted molar refractivity (Wildman–Crippen MR) is 70.2 cm³/mol. The zero-order chi connectivity index (χ0) is 14.1. The minimum Gasteiger partial charge on any atom is -0.494 e. The highest BCUT2D eigenvalue weighted by atomic mass is 19.1. The summed E-state index contributed by atoms with van der Waals surface area (Å²) in [5.74, 6) is 0.0216. The number of rotatable bonds is 2. The van der Waals surface area contributed by atoms with Gasteiger partial charge in [0, 0.05) is 12.0 Å². The molecule has 0 radical (unpaired) electrons. The number of hydrogen-bond acceptors (Lipinski definition) is 4. The summed E-state index contributed by atoms with van der Waals surface area (Å²) in [4.78, 5) is 19.0.